The maximum atomic E-state index is 13.1. The summed E-state index contributed by atoms with van der Waals surface area (Å²) in [5, 5.41) is 0. The molecule has 0 saturated carbocycles. The molecule has 0 bridgehead atoms. The lowest BCUT2D eigenvalue weighted by Crippen LogP contribution is -2.22. The quantitative estimate of drug-likeness (QED) is 0.453. The van der Waals surface area contributed by atoms with E-state index in [1.165, 1.54) is 6.08 Å². The lowest BCUT2D eigenvalue weighted by Gasteiger charge is -2.17. The van der Waals surface area contributed by atoms with Crippen molar-refractivity contribution < 1.29 is 17.9 Å². The van der Waals surface area contributed by atoms with Crippen LogP contribution in [0.3, 0.4) is 0 Å². The van der Waals surface area contributed by atoms with Crippen molar-refractivity contribution in [2.75, 3.05) is 6.61 Å². The number of hydrogen-bond acceptors (Lipinski definition) is 1. The number of alkyl halides is 3. The summed E-state index contributed by atoms with van der Waals surface area (Å²) in [6.45, 7) is 0.411. The molecular weight excluding hydrogens is 313 g/mol. The molecule has 0 heterocycles. The van der Waals surface area contributed by atoms with Gasteiger partial charge in [-0.25, -0.2) is 0 Å². The van der Waals surface area contributed by atoms with E-state index in [0.717, 1.165) is 11.1 Å². The van der Waals surface area contributed by atoms with Crippen LogP contribution in [-0.2, 0) is 17.8 Å². The molecule has 4 heteroatoms. The summed E-state index contributed by atoms with van der Waals surface area (Å²) < 4.78 is 44.6. The van der Waals surface area contributed by atoms with Crippen LogP contribution in [0.25, 0.3) is 0 Å². The van der Waals surface area contributed by atoms with Crippen LogP contribution in [0.1, 0.15) is 17.5 Å². The maximum absolute atomic E-state index is 13.1. The number of ether oxygens (including phenoxy) is 1. The minimum absolute atomic E-state index is 0.0678. The standard InChI is InChI=1S/C20H21F3O/c21-20(22,23)19(13-7-12-17-8-3-1-4-9-17)14-15-24-16-18-10-5-2-6-11-18/h1-11,13,19H,12,14-16H2/b13-7+/t19-/m1/s1. The van der Waals surface area contributed by atoms with E-state index >= 15 is 0 Å². The van der Waals surface area contributed by atoms with Gasteiger partial charge in [0, 0.05) is 6.61 Å². The summed E-state index contributed by atoms with van der Waals surface area (Å²) in [5.41, 5.74) is 1.95. The van der Waals surface area contributed by atoms with Crippen LogP contribution in [0.15, 0.2) is 72.8 Å². The summed E-state index contributed by atoms with van der Waals surface area (Å²) in [6.07, 6.45) is -0.979. The molecule has 2 aromatic rings. The fourth-order valence-electron chi connectivity index (χ4n) is 2.33. The molecule has 0 radical (unpaired) electrons. The Morgan fingerprint density at radius 2 is 1.46 bits per heavy atom. The van der Waals surface area contributed by atoms with Crippen LogP contribution >= 0.6 is 0 Å². The highest BCUT2D eigenvalue weighted by Gasteiger charge is 2.37. The first-order chi connectivity index (χ1) is 11.6. The average Bonchev–Trinajstić information content (AvgIpc) is 2.58. The molecule has 0 spiro atoms. The Balaban J connectivity index is 1.80. The van der Waals surface area contributed by atoms with Crippen LogP contribution in [-0.4, -0.2) is 12.8 Å². The van der Waals surface area contributed by atoms with Crippen LogP contribution in [0, 0.1) is 5.92 Å². The molecule has 0 aliphatic carbocycles. The monoisotopic (exact) mass is 334 g/mol. The van der Waals surface area contributed by atoms with Gasteiger partial charge in [-0.1, -0.05) is 72.8 Å². The van der Waals surface area contributed by atoms with Crippen molar-refractivity contribution in [3.63, 3.8) is 0 Å². The van der Waals surface area contributed by atoms with Crippen molar-refractivity contribution in [1.29, 1.82) is 0 Å². The fraction of sp³-hybridized carbons (Fsp3) is 0.300. The summed E-state index contributed by atoms with van der Waals surface area (Å²) in [6, 6.07) is 18.9. The summed E-state index contributed by atoms with van der Waals surface area (Å²) >= 11 is 0. The van der Waals surface area contributed by atoms with E-state index in [-0.39, 0.29) is 13.0 Å². The molecule has 2 rings (SSSR count). The van der Waals surface area contributed by atoms with E-state index in [9.17, 15) is 13.2 Å². The third-order valence-electron chi connectivity index (χ3n) is 3.67. The van der Waals surface area contributed by atoms with Gasteiger partial charge in [-0.05, 0) is 24.0 Å². The minimum atomic E-state index is -4.25. The van der Waals surface area contributed by atoms with Crippen LogP contribution in [0.2, 0.25) is 0 Å². The molecule has 0 unspecified atom stereocenters. The average molecular weight is 334 g/mol. The fourth-order valence-corrected chi connectivity index (χ4v) is 2.33. The van der Waals surface area contributed by atoms with Crippen molar-refractivity contribution in [2.24, 2.45) is 5.92 Å². The SMILES string of the molecule is FC(F)(F)[C@H](/C=C/Cc1ccccc1)CCOCc1ccccc1. The van der Waals surface area contributed by atoms with E-state index in [2.05, 4.69) is 0 Å². The van der Waals surface area contributed by atoms with E-state index in [0.29, 0.717) is 13.0 Å². The molecule has 128 valence electrons. The molecule has 1 nitrogen and oxygen atoms in total. The summed E-state index contributed by atoms with van der Waals surface area (Å²) in [4.78, 5) is 0. The van der Waals surface area contributed by atoms with Gasteiger partial charge in [0.1, 0.15) is 0 Å². The second kappa shape index (κ2) is 9.28. The van der Waals surface area contributed by atoms with Gasteiger partial charge in [-0.3, -0.25) is 0 Å². The molecule has 1 atom stereocenters. The molecule has 2 aromatic carbocycles. The highest BCUT2D eigenvalue weighted by Crippen LogP contribution is 2.30. The van der Waals surface area contributed by atoms with Gasteiger partial charge in [0.25, 0.3) is 0 Å². The van der Waals surface area contributed by atoms with Gasteiger partial charge in [0.15, 0.2) is 0 Å². The molecule has 0 aromatic heterocycles. The van der Waals surface area contributed by atoms with Gasteiger partial charge < -0.3 is 4.74 Å². The van der Waals surface area contributed by atoms with Gasteiger partial charge in [-0.2, -0.15) is 13.2 Å². The topological polar surface area (TPSA) is 9.23 Å². The van der Waals surface area contributed by atoms with Crippen molar-refractivity contribution in [3.05, 3.63) is 83.9 Å². The first-order valence-corrected chi connectivity index (χ1v) is 7.94. The molecule has 0 fully saturated rings. The minimum Gasteiger partial charge on any atom is -0.377 e. The molecule has 0 amide bonds. The third-order valence-corrected chi connectivity index (χ3v) is 3.67. The van der Waals surface area contributed by atoms with Crippen molar-refractivity contribution in [1.82, 2.24) is 0 Å². The van der Waals surface area contributed by atoms with Gasteiger partial charge in [0.2, 0.25) is 0 Å². The number of halogens is 3. The maximum Gasteiger partial charge on any atom is 0.395 e. The van der Waals surface area contributed by atoms with E-state index in [1.807, 2.05) is 60.7 Å². The second-order valence-electron chi connectivity index (χ2n) is 5.59. The zero-order chi connectivity index (χ0) is 17.3. The molecule has 24 heavy (non-hydrogen) atoms. The van der Waals surface area contributed by atoms with Gasteiger partial charge in [0.05, 0.1) is 12.5 Å². The van der Waals surface area contributed by atoms with Crippen LogP contribution in [0.5, 0.6) is 0 Å². The largest absolute Gasteiger partial charge is 0.395 e. The van der Waals surface area contributed by atoms with Gasteiger partial charge in [-0.15, -0.1) is 0 Å². The van der Waals surface area contributed by atoms with Crippen molar-refractivity contribution in [2.45, 2.75) is 25.6 Å². The smallest absolute Gasteiger partial charge is 0.377 e. The summed E-state index contributed by atoms with van der Waals surface area (Å²) in [7, 11) is 0. The Morgan fingerprint density at radius 3 is 2.04 bits per heavy atom. The highest BCUT2D eigenvalue weighted by atomic mass is 19.4. The van der Waals surface area contributed by atoms with Crippen molar-refractivity contribution in [3.8, 4) is 0 Å². The molecule has 0 saturated heterocycles. The first kappa shape index (κ1) is 18.3. The van der Waals surface area contributed by atoms with E-state index in [1.54, 1.807) is 6.08 Å². The Morgan fingerprint density at radius 1 is 0.875 bits per heavy atom. The number of allylic oxidation sites excluding steroid dienone is 2. The Kier molecular flexibility index (Phi) is 7.07. The highest BCUT2D eigenvalue weighted by molar-refractivity contribution is 5.17. The predicted molar refractivity (Wildman–Crippen MR) is 89.5 cm³/mol. The third kappa shape index (κ3) is 6.59. The lowest BCUT2D eigenvalue weighted by molar-refractivity contribution is -0.165. The molecular formula is C20H21F3O. The second-order valence-corrected chi connectivity index (χ2v) is 5.59. The normalized spacial score (nSPS) is 13.3. The number of hydrogen-bond donors (Lipinski definition) is 0. The lowest BCUT2D eigenvalue weighted by atomic mass is 10.0. The molecule has 0 N–H and O–H groups in total. The number of rotatable bonds is 8. The first-order valence-electron chi connectivity index (χ1n) is 7.94. The Bertz CT molecular complexity index is 606. The van der Waals surface area contributed by atoms with E-state index in [4.69, 9.17) is 4.74 Å². The zero-order valence-corrected chi connectivity index (χ0v) is 13.4. The summed E-state index contributed by atoms with van der Waals surface area (Å²) in [5.74, 6) is -1.48. The Hall–Kier alpha value is -2.07. The number of benzene rings is 2. The Labute approximate surface area is 140 Å². The van der Waals surface area contributed by atoms with Gasteiger partial charge >= 0.3 is 6.18 Å². The van der Waals surface area contributed by atoms with Crippen LogP contribution < -0.4 is 0 Å². The predicted octanol–water partition coefficient (Wildman–Crippen LogP) is 5.57. The molecule has 0 aliphatic rings. The molecule has 0 aliphatic heterocycles. The van der Waals surface area contributed by atoms with E-state index < -0.39 is 12.1 Å². The zero-order valence-electron chi connectivity index (χ0n) is 13.4. The van der Waals surface area contributed by atoms with Crippen LogP contribution in [0.4, 0.5) is 13.2 Å². The van der Waals surface area contributed by atoms with Crippen molar-refractivity contribution >= 4 is 0 Å².